The molecule has 0 aliphatic carbocycles. The van der Waals surface area contributed by atoms with Crippen LogP contribution in [0.15, 0.2) is 46.9 Å². The molecule has 0 aliphatic heterocycles. The first-order valence-corrected chi connectivity index (χ1v) is 7.26. The number of hydrogen-bond acceptors (Lipinski definition) is 2. The summed E-state index contributed by atoms with van der Waals surface area (Å²) in [7, 11) is 0. The van der Waals surface area contributed by atoms with Crippen molar-refractivity contribution in [3.05, 3.63) is 63.1 Å². The van der Waals surface area contributed by atoms with Crippen LogP contribution in [0.2, 0.25) is 5.02 Å². The first kappa shape index (κ1) is 14.9. The normalized spacial score (nSPS) is 11.9. The van der Waals surface area contributed by atoms with E-state index < -0.39 is 0 Å². The lowest BCUT2D eigenvalue weighted by atomic mass is 10.1. The molecule has 0 bridgehead atoms. The molecule has 2 aromatic carbocycles. The predicted octanol–water partition coefficient (Wildman–Crippen LogP) is 4.18. The number of anilines is 1. The van der Waals surface area contributed by atoms with Crippen LogP contribution in [0.25, 0.3) is 0 Å². The number of halogens is 2. The Morgan fingerprint density at radius 2 is 2.00 bits per heavy atom. The summed E-state index contributed by atoms with van der Waals surface area (Å²) in [5.41, 5.74) is 8.00. The fourth-order valence-electron chi connectivity index (χ4n) is 1.93. The SMILES string of the molecule is CC(NC(=O)c1ccc(Cl)cc1Br)c1ccccc1N. The van der Waals surface area contributed by atoms with Gasteiger partial charge in [-0.15, -0.1) is 0 Å². The van der Waals surface area contributed by atoms with E-state index in [4.69, 9.17) is 17.3 Å². The van der Waals surface area contributed by atoms with Crippen molar-refractivity contribution < 1.29 is 4.79 Å². The molecule has 2 aromatic rings. The molecule has 3 nitrogen and oxygen atoms in total. The van der Waals surface area contributed by atoms with Gasteiger partial charge in [-0.25, -0.2) is 0 Å². The van der Waals surface area contributed by atoms with Gasteiger partial charge in [0.1, 0.15) is 0 Å². The van der Waals surface area contributed by atoms with Gasteiger partial charge in [0.2, 0.25) is 0 Å². The van der Waals surface area contributed by atoms with E-state index in [9.17, 15) is 4.79 Å². The van der Waals surface area contributed by atoms with Gasteiger partial charge >= 0.3 is 0 Å². The lowest BCUT2D eigenvalue weighted by molar-refractivity contribution is 0.0939. The molecule has 1 atom stereocenters. The van der Waals surface area contributed by atoms with Crippen molar-refractivity contribution in [3.63, 3.8) is 0 Å². The van der Waals surface area contributed by atoms with Crippen LogP contribution >= 0.6 is 27.5 Å². The quantitative estimate of drug-likeness (QED) is 0.813. The smallest absolute Gasteiger partial charge is 0.252 e. The Morgan fingerprint density at radius 1 is 1.30 bits per heavy atom. The molecule has 0 aromatic heterocycles. The summed E-state index contributed by atoms with van der Waals surface area (Å²) in [4.78, 5) is 12.2. The molecular formula is C15H14BrClN2O. The van der Waals surface area contributed by atoms with Crippen LogP contribution in [-0.2, 0) is 0 Å². The number of carbonyl (C=O) groups excluding carboxylic acids is 1. The van der Waals surface area contributed by atoms with Crippen LogP contribution in [-0.4, -0.2) is 5.91 Å². The van der Waals surface area contributed by atoms with E-state index >= 15 is 0 Å². The number of amides is 1. The van der Waals surface area contributed by atoms with Crippen LogP contribution in [0.5, 0.6) is 0 Å². The third kappa shape index (κ3) is 3.32. The van der Waals surface area contributed by atoms with Crippen molar-refractivity contribution in [3.8, 4) is 0 Å². The van der Waals surface area contributed by atoms with E-state index in [2.05, 4.69) is 21.2 Å². The Kier molecular flexibility index (Phi) is 4.68. The highest BCUT2D eigenvalue weighted by atomic mass is 79.9. The molecule has 104 valence electrons. The van der Waals surface area contributed by atoms with Crippen molar-refractivity contribution in [2.75, 3.05) is 5.73 Å². The third-order valence-electron chi connectivity index (χ3n) is 2.99. The molecular weight excluding hydrogens is 340 g/mol. The van der Waals surface area contributed by atoms with Crippen molar-refractivity contribution in [1.29, 1.82) is 0 Å². The molecule has 20 heavy (non-hydrogen) atoms. The lowest BCUT2D eigenvalue weighted by Crippen LogP contribution is -2.27. The minimum atomic E-state index is -0.177. The molecule has 0 heterocycles. The number of hydrogen-bond donors (Lipinski definition) is 2. The Balaban J connectivity index is 2.17. The number of nitrogens with one attached hydrogen (secondary N) is 1. The summed E-state index contributed by atoms with van der Waals surface area (Å²) >= 11 is 9.20. The van der Waals surface area contributed by atoms with Gasteiger partial charge in [-0.05, 0) is 52.7 Å². The second kappa shape index (κ2) is 6.29. The topological polar surface area (TPSA) is 55.1 Å². The van der Waals surface area contributed by atoms with E-state index in [-0.39, 0.29) is 11.9 Å². The first-order chi connectivity index (χ1) is 9.49. The van der Waals surface area contributed by atoms with Crippen molar-refractivity contribution in [1.82, 2.24) is 5.32 Å². The van der Waals surface area contributed by atoms with Crippen LogP contribution < -0.4 is 11.1 Å². The maximum absolute atomic E-state index is 12.2. The summed E-state index contributed by atoms with van der Waals surface area (Å²) in [5, 5.41) is 3.50. The molecule has 5 heteroatoms. The second-order valence-corrected chi connectivity index (χ2v) is 5.74. The maximum atomic E-state index is 12.2. The van der Waals surface area contributed by atoms with Gasteiger partial charge in [0.25, 0.3) is 5.91 Å². The van der Waals surface area contributed by atoms with Crippen molar-refractivity contribution >= 4 is 39.1 Å². The summed E-state index contributed by atoms with van der Waals surface area (Å²) < 4.78 is 0.663. The number of benzene rings is 2. The molecule has 0 fully saturated rings. The minimum Gasteiger partial charge on any atom is -0.398 e. The zero-order valence-electron chi connectivity index (χ0n) is 10.9. The zero-order valence-corrected chi connectivity index (χ0v) is 13.2. The van der Waals surface area contributed by atoms with Gasteiger partial charge in [0, 0.05) is 15.2 Å². The van der Waals surface area contributed by atoms with E-state index in [0.29, 0.717) is 20.7 Å². The van der Waals surface area contributed by atoms with Gasteiger partial charge in [-0.1, -0.05) is 29.8 Å². The van der Waals surface area contributed by atoms with E-state index in [1.54, 1.807) is 18.2 Å². The Hall–Kier alpha value is -1.52. The average Bonchev–Trinajstić information content (AvgIpc) is 2.38. The highest BCUT2D eigenvalue weighted by molar-refractivity contribution is 9.10. The van der Waals surface area contributed by atoms with Crippen LogP contribution in [0.4, 0.5) is 5.69 Å². The van der Waals surface area contributed by atoms with Gasteiger partial charge in [0.05, 0.1) is 11.6 Å². The summed E-state index contributed by atoms with van der Waals surface area (Å²) in [5.74, 6) is -0.177. The lowest BCUT2D eigenvalue weighted by Gasteiger charge is -2.16. The van der Waals surface area contributed by atoms with E-state index in [1.807, 2.05) is 31.2 Å². The predicted molar refractivity (Wildman–Crippen MR) is 85.9 cm³/mol. The number of carbonyl (C=O) groups is 1. The number of rotatable bonds is 3. The summed E-state index contributed by atoms with van der Waals surface area (Å²) in [6.45, 7) is 1.90. The molecule has 0 aliphatic rings. The molecule has 3 N–H and O–H groups in total. The van der Waals surface area contributed by atoms with E-state index in [0.717, 1.165) is 5.56 Å². The van der Waals surface area contributed by atoms with Gasteiger partial charge in [-0.3, -0.25) is 4.79 Å². The molecule has 0 saturated heterocycles. The van der Waals surface area contributed by atoms with Crippen LogP contribution in [0.1, 0.15) is 28.9 Å². The first-order valence-electron chi connectivity index (χ1n) is 6.09. The summed E-state index contributed by atoms with van der Waals surface area (Å²) in [6, 6.07) is 12.4. The number of nitrogen functional groups attached to an aromatic ring is 1. The number of para-hydroxylation sites is 1. The Bertz CT molecular complexity index is 646. The van der Waals surface area contributed by atoms with E-state index in [1.165, 1.54) is 0 Å². The highest BCUT2D eigenvalue weighted by Crippen LogP contribution is 2.24. The van der Waals surface area contributed by atoms with Crippen LogP contribution in [0.3, 0.4) is 0 Å². The molecule has 1 amide bonds. The minimum absolute atomic E-state index is 0.175. The molecule has 0 spiro atoms. The average molecular weight is 354 g/mol. The zero-order chi connectivity index (χ0) is 14.7. The van der Waals surface area contributed by atoms with Crippen molar-refractivity contribution in [2.45, 2.75) is 13.0 Å². The van der Waals surface area contributed by atoms with Crippen molar-refractivity contribution in [2.24, 2.45) is 0 Å². The third-order valence-corrected chi connectivity index (χ3v) is 3.88. The Labute approximate surface area is 131 Å². The molecule has 2 rings (SSSR count). The largest absolute Gasteiger partial charge is 0.398 e. The molecule has 0 saturated carbocycles. The Morgan fingerprint density at radius 3 is 2.65 bits per heavy atom. The standard InChI is InChI=1S/C15H14BrClN2O/c1-9(11-4-2-3-5-14(11)18)19-15(20)12-7-6-10(17)8-13(12)16/h2-9H,18H2,1H3,(H,19,20). The molecule has 1 unspecified atom stereocenters. The fourth-order valence-corrected chi connectivity index (χ4v) is 2.79. The number of nitrogens with two attached hydrogens (primary N) is 1. The highest BCUT2D eigenvalue weighted by Gasteiger charge is 2.15. The van der Waals surface area contributed by atoms with Gasteiger partial charge in [0.15, 0.2) is 0 Å². The monoisotopic (exact) mass is 352 g/mol. The molecule has 0 radical (unpaired) electrons. The summed E-state index contributed by atoms with van der Waals surface area (Å²) in [6.07, 6.45) is 0. The fraction of sp³-hybridized carbons (Fsp3) is 0.133. The van der Waals surface area contributed by atoms with Crippen LogP contribution in [0, 0.1) is 0 Å². The van der Waals surface area contributed by atoms with Gasteiger partial charge in [-0.2, -0.15) is 0 Å². The second-order valence-electron chi connectivity index (χ2n) is 4.45. The van der Waals surface area contributed by atoms with Gasteiger partial charge < -0.3 is 11.1 Å². The maximum Gasteiger partial charge on any atom is 0.252 e.